The van der Waals surface area contributed by atoms with Crippen LogP contribution in [-0.2, 0) is 0 Å². The van der Waals surface area contributed by atoms with Crippen LogP contribution < -0.4 is 4.74 Å². The van der Waals surface area contributed by atoms with Crippen LogP contribution in [0.15, 0.2) is 60.3 Å². The highest BCUT2D eigenvalue weighted by molar-refractivity contribution is 6.93. The standard InChI is InChI=1S/C19H22OSi/c1-20-18-13-11-17(12-14-18)19(21(2,3)4)15-10-16-8-6-5-7-9-16/h5-14H,1-4H3. The van der Waals surface area contributed by atoms with E-state index in [1.165, 1.54) is 16.3 Å². The molecule has 2 rings (SSSR count). The Balaban J connectivity index is 2.46. The van der Waals surface area contributed by atoms with E-state index in [1.54, 1.807) is 7.11 Å². The van der Waals surface area contributed by atoms with Crippen molar-refractivity contribution in [3.63, 3.8) is 0 Å². The van der Waals surface area contributed by atoms with Crippen molar-refractivity contribution in [1.29, 1.82) is 0 Å². The van der Waals surface area contributed by atoms with Gasteiger partial charge >= 0.3 is 0 Å². The lowest BCUT2D eigenvalue weighted by Gasteiger charge is -2.19. The molecule has 2 heteroatoms. The van der Waals surface area contributed by atoms with Gasteiger partial charge in [0.2, 0.25) is 0 Å². The molecule has 0 aliphatic rings. The minimum atomic E-state index is -1.48. The molecular formula is C19H22OSi. The van der Waals surface area contributed by atoms with E-state index in [4.69, 9.17) is 4.74 Å². The van der Waals surface area contributed by atoms with Crippen molar-refractivity contribution in [2.75, 3.05) is 7.11 Å². The SMILES string of the molecule is COc1ccc(C(=C=Cc2ccccc2)[Si](C)(C)C)cc1. The fourth-order valence-corrected chi connectivity index (χ4v) is 3.73. The van der Waals surface area contributed by atoms with Crippen LogP contribution >= 0.6 is 0 Å². The zero-order chi connectivity index (χ0) is 15.3. The molecule has 0 spiro atoms. The van der Waals surface area contributed by atoms with E-state index in [0.29, 0.717) is 0 Å². The Morgan fingerprint density at radius 1 is 0.952 bits per heavy atom. The molecule has 0 radical (unpaired) electrons. The number of hydrogen-bond acceptors (Lipinski definition) is 1. The van der Waals surface area contributed by atoms with E-state index in [1.807, 2.05) is 18.2 Å². The van der Waals surface area contributed by atoms with Crippen molar-refractivity contribution in [1.82, 2.24) is 0 Å². The first kappa shape index (κ1) is 15.4. The van der Waals surface area contributed by atoms with Gasteiger partial charge < -0.3 is 4.74 Å². The lowest BCUT2D eigenvalue weighted by molar-refractivity contribution is 0.415. The molecule has 2 aromatic rings. The summed E-state index contributed by atoms with van der Waals surface area (Å²) in [6, 6.07) is 18.6. The molecule has 0 heterocycles. The summed E-state index contributed by atoms with van der Waals surface area (Å²) in [6.07, 6.45) is 2.08. The van der Waals surface area contributed by atoms with Crippen LogP contribution in [0.5, 0.6) is 5.75 Å². The fraction of sp³-hybridized carbons (Fsp3) is 0.211. The van der Waals surface area contributed by atoms with Gasteiger partial charge in [0.05, 0.1) is 15.2 Å². The number of methoxy groups -OCH3 is 1. The molecule has 108 valence electrons. The Morgan fingerprint density at radius 3 is 2.10 bits per heavy atom. The first-order chi connectivity index (χ1) is 10.0. The average Bonchev–Trinajstić information content (AvgIpc) is 2.48. The maximum absolute atomic E-state index is 5.24. The Hall–Kier alpha value is -2.02. The first-order valence-corrected chi connectivity index (χ1v) is 10.7. The van der Waals surface area contributed by atoms with Crippen LogP contribution in [0.25, 0.3) is 11.3 Å². The molecule has 0 N–H and O–H groups in total. The van der Waals surface area contributed by atoms with E-state index in [2.05, 4.69) is 67.8 Å². The van der Waals surface area contributed by atoms with Crippen molar-refractivity contribution in [2.24, 2.45) is 0 Å². The highest BCUT2D eigenvalue weighted by atomic mass is 28.3. The third kappa shape index (κ3) is 4.22. The molecule has 0 aliphatic heterocycles. The molecule has 0 unspecified atom stereocenters. The van der Waals surface area contributed by atoms with Crippen molar-refractivity contribution in [3.05, 3.63) is 71.5 Å². The first-order valence-electron chi connectivity index (χ1n) is 7.17. The Bertz CT molecular complexity index is 642. The molecule has 0 amide bonds. The highest BCUT2D eigenvalue weighted by Gasteiger charge is 2.20. The van der Waals surface area contributed by atoms with Crippen molar-refractivity contribution in [2.45, 2.75) is 19.6 Å². The molecule has 2 aromatic carbocycles. The minimum absolute atomic E-state index is 0.890. The Kier molecular flexibility index (Phi) is 4.84. The molecule has 0 aromatic heterocycles. The minimum Gasteiger partial charge on any atom is -0.497 e. The summed E-state index contributed by atoms with van der Waals surface area (Å²) in [4.78, 5) is 0. The number of benzene rings is 2. The maximum Gasteiger partial charge on any atom is 0.118 e. The Morgan fingerprint density at radius 2 is 1.57 bits per heavy atom. The third-order valence-electron chi connectivity index (χ3n) is 3.31. The van der Waals surface area contributed by atoms with Crippen molar-refractivity contribution >= 4 is 19.3 Å². The quantitative estimate of drug-likeness (QED) is 0.551. The summed E-state index contributed by atoms with van der Waals surface area (Å²) in [5, 5.41) is 1.33. The van der Waals surface area contributed by atoms with Crippen molar-refractivity contribution in [3.8, 4) is 5.75 Å². The second-order valence-electron chi connectivity index (χ2n) is 6.05. The molecule has 21 heavy (non-hydrogen) atoms. The highest BCUT2D eigenvalue weighted by Crippen LogP contribution is 2.26. The normalized spacial score (nSPS) is 10.7. The van der Waals surface area contributed by atoms with Gasteiger partial charge in [0.25, 0.3) is 0 Å². The summed E-state index contributed by atoms with van der Waals surface area (Å²) in [5.74, 6) is 0.890. The van der Waals surface area contributed by atoms with Gasteiger partial charge in [-0.1, -0.05) is 62.1 Å². The summed E-state index contributed by atoms with van der Waals surface area (Å²) >= 11 is 0. The van der Waals surface area contributed by atoms with Gasteiger partial charge in [0, 0.05) is 0 Å². The largest absolute Gasteiger partial charge is 0.497 e. The van der Waals surface area contributed by atoms with Crippen LogP contribution in [0.1, 0.15) is 11.1 Å². The van der Waals surface area contributed by atoms with E-state index in [0.717, 1.165) is 5.75 Å². The topological polar surface area (TPSA) is 9.23 Å². The molecule has 0 fully saturated rings. The molecule has 0 saturated carbocycles. The lowest BCUT2D eigenvalue weighted by Crippen LogP contribution is -2.22. The molecular weight excluding hydrogens is 272 g/mol. The summed E-state index contributed by atoms with van der Waals surface area (Å²) in [7, 11) is 0.219. The molecule has 0 saturated heterocycles. The van der Waals surface area contributed by atoms with Crippen LogP contribution in [0.2, 0.25) is 19.6 Å². The van der Waals surface area contributed by atoms with E-state index < -0.39 is 8.07 Å². The maximum atomic E-state index is 5.24. The number of rotatable bonds is 4. The molecule has 0 bridgehead atoms. The monoisotopic (exact) mass is 294 g/mol. The molecule has 0 aliphatic carbocycles. The van der Waals surface area contributed by atoms with Gasteiger partial charge in [-0.25, -0.2) is 0 Å². The summed E-state index contributed by atoms with van der Waals surface area (Å²) in [6.45, 7) is 7.04. The third-order valence-corrected chi connectivity index (χ3v) is 5.24. The second kappa shape index (κ2) is 6.62. The van der Waals surface area contributed by atoms with Gasteiger partial charge in [-0.15, -0.1) is 5.73 Å². The van der Waals surface area contributed by atoms with Gasteiger partial charge in [-0.3, -0.25) is 0 Å². The zero-order valence-electron chi connectivity index (χ0n) is 13.2. The van der Waals surface area contributed by atoms with Crippen LogP contribution in [-0.4, -0.2) is 15.2 Å². The van der Waals surface area contributed by atoms with Crippen LogP contribution in [0.3, 0.4) is 0 Å². The fourth-order valence-electron chi connectivity index (χ4n) is 2.20. The second-order valence-corrected chi connectivity index (χ2v) is 11.1. The predicted molar refractivity (Wildman–Crippen MR) is 94.2 cm³/mol. The number of ether oxygens (including phenoxy) is 1. The van der Waals surface area contributed by atoms with Crippen molar-refractivity contribution < 1.29 is 4.74 Å². The summed E-state index contributed by atoms with van der Waals surface area (Å²) < 4.78 is 5.24. The zero-order valence-corrected chi connectivity index (χ0v) is 14.2. The smallest absolute Gasteiger partial charge is 0.118 e. The Labute approximate surface area is 128 Å². The van der Waals surface area contributed by atoms with E-state index in [-0.39, 0.29) is 0 Å². The van der Waals surface area contributed by atoms with Crippen LogP contribution in [0, 0.1) is 0 Å². The summed E-state index contributed by atoms with van der Waals surface area (Å²) in [5.41, 5.74) is 5.96. The number of hydrogen-bond donors (Lipinski definition) is 0. The predicted octanol–water partition coefficient (Wildman–Crippen LogP) is 5.27. The molecule has 0 atom stereocenters. The lowest BCUT2D eigenvalue weighted by atomic mass is 10.2. The van der Waals surface area contributed by atoms with Gasteiger partial charge in [0.1, 0.15) is 5.75 Å². The van der Waals surface area contributed by atoms with E-state index in [9.17, 15) is 0 Å². The van der Waals surface area contributed by atoms with E-state index >= 15 is 0 Å². The van der Waals surface area contributed by atoms with Gasteiger partial charge in [-0.2, -0.15) is 0 Å². The average molecular weight is 294 g/mol. The molecule has 1 nitrogen and oxygen atoms in total. The van der Waals surface area contributed by atoms with Gasteiger partial charge in [-0.05, 0) is 34.5 Å². The van der Waals surface area contributed by atoms with Crippen LogP contribution in [0.4, 0.5) is 0 Å². The van der Waals surface area contributed by atoms with Gasteiger partial charge in [0.15, 0.2) is 0 Å².